The first-order chi connectivity index (χ1) is 10.2. The summed E-state index contributed by atoms with van der Waals surface area (Å²) in [4.78, 5) is 2.45. The monoisotopic (exact) mass is 294 g/mol. The van der Waals surface area contributed by atoms with Crippen molar-refractivity contribution in [2.24, 2.45) is 7.05 Å². The highest BCUT2D eigenvalue weighted by Crippen LogP contribution is 2.27. The number of nitrogens with zero attached hydrogens (tertiary/aromatic N) is 3. The minimum Gasteiger partial charge on any atom is -0.376 e. The number of hydrogen-bond acceptors (Lipinski definition) is 4. The molecule has 1 aliphatic rings. The molecule has 1 atom stereocenters. The maximum Gasteiger partial charge on any atom is 0.131 e. The SMILES string of the molecule is CCCOC1CCCN(c2c(CNCC)c(C)nn2C)C1. The summed E-state index contributed by atoms with van der Waals surface area (Å²) in [5.74, 6) is 1.26. The molecule has 1 fully saturated rings. The summed E-state index contributed by atoms with van der Waals surface area (Å²) < 4.78 is 8.00. The van der Waals surface area contributed by atoms with Crippen LogP contribution in [0.3, 0.4) is 0 Å². The molecular weight excluding hydrogens is 264 g/mol. The van der Waals surface area contributed by atoms with Crippen LogP contribution in [0.5, 0.6) is 0 Å². The van der Waals surface area contributed by atoms with E-state index in [1.807, 2.05) is 11.7 Å². The maximum absolute atomic E-state index is 5.96. The highest BCUT2D eigenvalue weighted by molar-refractivity contribution is 5.50. The van der Waals surface area contributed by atoms with Gasteiger partial charge in [-0.15, -0.1) is 0 Å². The van der Waals surface area contributed by atoms with E-state index in [1.54, 1.807) is 0 Å². The van der Waals surface area contributed by atoms with E-state index in [9.17, 15) is 0 Å². The lowest BCUT2D eigenvalue weighted by molar-refractivity contribution is 0.0437. The van der Waals surface area contributed by atoms with E-state index >= 15 is 0 Å². The summed E-state index contributed by atoms with van der Waals surface area (Å²) in [6.45, 7) is 11.2. The van der Waals surface area contributed by atoms with Crippen molar-refractivity contribution in [3.63, 3.8) is 0 Å². The molecule has 1 saturated heterocycles. The Hall–Kier alpha value is -1.07. The quantitative estimate of drug-likeness (QED) is 0.837. The molecular formula is C16H30N4O. The summed E-state index contributed by atoms with van der Waals surface area (Å²) in [6, 6.07) is 0. The molecule has 1 aliphatic heterocycles. The van der Waals surface area contributed by atoms with Gasteiger partial charge in [0.2, 0.25) is 0 Å². The standard InChI is InChI=1S/C16H30N4O/c1-5-10-21-14-8-7-9-20(12-14)16-15(11-17-6-2)13(3)18-19(16)4/h14,17H,5-12H2,1-4H3. The number of piperidine rings is 1. The van der Waals surface area contributed by atoms with Crippen molar-refractivity contribution in [3.05, 3.63) is 11.3 Å². The van der Waals surface area contributed by atoms with Gasteiger partial charge in [0.1, 0.15) is 5.82 Å². The Kier molecular flexibility index (Phi) is 6.06. The Labute approximate surface area is 128 Å². The minimum absolute atomic E-state index is 0.362. The third-order valence-corrected chi connectivity index (χ3v) is 4.10. The number of aryl methyl sites for hydroxylation is 2. The fraction of sp³-hybridized carbons (Fsp3) is 0.812. The first-order valence-corrected chi connectivity index (χ1v) is 8.27. The zero-order valence-corrected chi connectivity index (χ0v) is 14.0. The van der Waals surface area contributed by atoms with E-state index in [-0.39, 0.29) is 0 Å². The Morgan fingerprint density at radius 3 is 2.90 bits per heavy atom. The summed E-state index contributed by atoms with van der Waals surface area (Å²) in [6.07, 6.45) is 3.82. The fourth-order valence-corrected chi connectivity index (χ4v) is 3.09. The molecule has 0 aromatic carbocycles. The average Bonchev–Trinajstić information content (AvgIpc) is 2.77. The molecule has 1 N–H and O–H groups in total. The number of rotatable bonds is 7. The fourth-order valence-electron chi connectivity index (χ4n) is 3.09. The topological polar surface area (TPSA) is 42.3 Å². The average molecular weight is 294 g/mol. The molecule has 2 rings (SSSR count). The molecule has 1 aromatic rings. The van der Waals surface area contributed by atoms with E-state index in [4.69, 9.17) is 4.74 Å². The molecule has 5 heteroatoms. The number of anilines is 1. The highest BCUT2D eigenvalue weighted by Gasteiger charge is 2.25. The van der Waals surface area contributed by atoms with Crippen molar-refractivity contribution in [3.8, 4) is 0 Å². The van der Waals surface area contributed by atoms with E-state index in [1.165, 1.54) is 24.2 Å². The molecule has 5 nitrogen and oxygen atoms in total. The molecule has 0 amide bonds. The van der Waals surface area contributed by atoms with Crippen LogP contribution in [0.15, 0.2) is 0 Å². The second-order valence-electron chi connectivity index (χ2n) is 5.87. The highest BCUT2D eigenvalue weighted by atomic mass is 16.5. The predicted molar refractivity (Wildman–Crippen MR) is 86.8 cm³/mol. The van der Waals surface area contributed by atoms with Gasteiger partial charge >= 0.3 is 0 Å². The third kappa shape index (κ3) is 3.98. The van der Waals surface area contributed by atoms with Gasteiger partial charge in [0, 0.05) is 38.9 Å². The van der Waals surface area contributed by atoms with E-state index in [0.717, 1.165) is 44.9 Å². The largest absolute Gasteiger partial charge is 0.376 e. The number of ether oxygens (including phenoxy) is 1. The molecule has 1 aromatic heterocycles. The van der Waals surface area contributed by atoms with Crippen LogP contribution >= 0.6 is 0 Å². The second-order valence-corrected chi connectivity index (χ2v) is 5.87. The Morgan fingerprint density at radius 2 is 2.19 bits per heavy atom. The third-order valence-electron chi connectivity index (χ3n) is 4.10. The van der Waals surface area contributed by atoms with Crippen LogP contribution in [0, 0.1) is 6.92 Å². The van der Waals surface area contributed by atoms with Crippen LogP contribution in [0.4, 0.5) is 5.82 Å². The first-order valence-electron chi connectivity index (χ1n) is 8.27. The van der Waals surface area contributed by atoms with E-state index in [0.29, 0.717) is 6.10 Å². The second kappa shape index (κ2) is 7.80. The molecule has 120 valence electrons. The van der Waals surface area contributed by atoms with E-state index < -0.39 is 0 Å². The van der Waals surface area contributed by atoms with Gasteiger partial charge in [0.05, 0.1) is 11.8 Å². The number of hydrogen-bond donors (Lipinski definition) is 1. The number of nitrogens with one attached hydrogen (secondary N) is 1. The van der Waals surface area contributed by atoms with Gasteiger partial charge in [0.15, 0.2) is 0 Å². The van der Waals surface area contributed by atoms with Crippen molar-refractivity contribution >= 4 is 5.82 Å². The zero-order valence-electron chi connectivity index (χ0n) is 14.0. The van der Waals surface area contributed by atoms with Crippen LogP contribution in [0.1, 0.15) is 44.4 Å². The number of aromatic nitrogens is 2. The van der Waals surface area contributed by atoms with Crippen LogP contribution in [-0.4, -0.2) is 42.1 Å². The smallest absolute Gasteiger partial charge is 0.131 e. The Morgan fingerprint density at radius 1 is 1.38 bits per heavy atom. The Bertz CT molecular complexity index is 444. The molecule has 0 radical (unpaired) electrons. The molecule has 2 heterocycles. The molecule has 0 saturated carbocycles. The Balaban J connectivity index is 2.12. The van der Waals surface area contributed by atoms with Crippen molar-refractivity contribution in [1.29, 1.82) is 0 Å². The first kappa shape index (κ1) is 16.3. The maximum atomic E-state index is 5.96. The van der Waals surface area contributed by atoms with Crippen molar-refractivity contribution < 1.29 is 4.74 Å². The summed E-state index contributed by atoms with van der Waals surface area (Å²) in [5, 5.41) is 8.05. The van der Waals surface area contributed by atoms with Gasteiger partial charge in [-0.25, -0.2) is 0 Å². The van der Waals surface area contributed by atoms with Crippen molar-refractivity contribution in [2.75, 3.05) is 31.1 Å². The zero-order chi connectivity index (χ0) is 15.2. The molecule has 0 bridgehead atoms. The van der Waals surface area contributed by atoms with Gasteiger partial charge in [-0.05, 0) is 32.7 Å². The lowest BCUT2D eigenvalue weighted by Gasteiger charge is -2.34. The summed E-state index contributed by atoms with van der Waals surface area (Å²) in [5.41, 5.74) is 2.46. The van der Waals surface area contributed by atoms with E-state index in [2.05, 4.69) is 36.1 Å². The van der Waals surface area contributed by atoms with Gasteiger partial charge in [-0.3, -0.25) is 4.68 Å². The van der Waals surface area contributed by atoms with Crippen LogP contribution in [-0.2, 0) is 18.3 Å². The normalized spacial score (nSPS) is 19.2. The molecule has 0 aliphatic carbocycles. The molecule has 0 spiro atoms. The van der Waals surface area contributed by atoms with Gasteiger partial charge in [-0.1, -0.05) is 13.8 Å². The van der Waals surface area contributed by atoms with Gasteiger partial charge in [0.25, 0.3) is 0 Å². The van der Waals surface area contributed by atoms with Crippen LogP contribution < -0.4 is 10.2 Å². The summed E-state index contributed by atoms with van der Waals surface area (Å²) >= 11 is 0. The van der Waals surface area contributed by atoms with Crippen molar-refractivity contribution in [1.82, 2.24) is 15.1 Å². The minimum atomic E-state index is 0.362. The van der Waals surface area contributed by atoms with Crippen LogP contribution in [0.2, 0.25) is 0 Å². The van der Waals surface area contributed by atoms with Gasteiger partial charge < -0.3 is 15.0 Å². The predicted octanol–water partition coefficient (Wildman–Crippen LogP) is 2.23. The summed E-state index contributed by atoms with van der Waals surface area (Å²) in [7, 11) is 2.05. The molecule has 1 unspecified atom stereocenters. The van der Waals surface area contributed by atoms with Crippen molar-refractivity contribution in [2.45, 2.75) is 52.7 Å². The lowest BCUT2D eigenvalue weighted by atomic mass is 10.1. The van der Waals surface area contributed by atoms with Gasteiger partial charge in [-0.2, -0.15) is 5.10 Å². The molecule has 21 heavy (non-hydrogen) atoms. The lowest BCUT2D eigenvalue weighted by Crippen LogP contribution is -2.41. The van der Waals surface area contributed by atoms with Crippen LogP contribution in [0.25, 0.3) is 0 Å².